The SMILES string of the molecule is CC1(Nc2ncncc2N)CCS(=O)(=O)C1. The lowest BCUT2D eigenvalue weighted by atomic mass is 10.0. The van der Waals surface area contributed by atoms with Crippen LogP contribution in [0.2, 0.25) is 0 Å². The second kappa shape index (κ2) is 3.58. The van der Waals surface area contributed by atoms with Gasteiger partial charge in [-0.3, -0.25) is 0 Å². The van der Waals surface area contributed by atoms with Crippen LogP contribution in [0.4, 0.5) is 11.5 Å². The van der Waals surface area contributed by atoms with Crippen LogP contribution >= 0.6 is 0 Å². The molecule has 7 heteroatoms. The number of hydrogen-bond donors (Lipinski definition) is 2. The van der Waals surface area contributed by atoms with E-state index in [4.69, 9.17) is 5.73 Å². The van der Waals surface area contributed by atoms with Crippen LogP contribution in [0.1, 0.15) is 13.3 Å². The first-order valence-electron chi connectivity index (χ1n) is 4.94. The van der Waals surface area contributed by atoms with Crippen LogP contribution in [0.3, 0.4) is 0 Å². The highest BCUT2D eigenvalue weighted by Gasteiger charge is 2.38. The smallest absolute Gasteiger partial charge is 0.153 e. The maximum absolute atomic E-state index is 11.4. The quantitative estimate of drug-likeness (QED) is 0.760. The van der Waals surface area contributed by atoms with Crippen molar-refractivity contribution < 1.29 is 8.42 Å². The zero-order chi connectivity index (χ0) is 11.8. The van der Waals surface area contributed by atoms with Crippen LogP contribution in [0.25, 0.3) is 0 Å². The van der Waals surface area contributed by atoms with E-state index >= 15 is 0 Å². The van der Waals surface area contributed by atoms with Crippen molar-refractivity contribution in [3.63, 3.8) is 0 Å². The van der Waals surface area contributed by atoms with Crippen molar-refractivity contribution in [2.24, 2.45) is 0 Å². The van der Waals surface area contributed by atoms with Crippen molar-refractivity contribution in [1.82, 2.24) is 9.97 Å². The van der Waals surface area contributed by atoms with Gasteiger partial charge in [-0.15, -0.1) is 0 Å². The number of anilines is 2. The van der Waals surface area contributed by atoms with E-state index in [2.05, 4.69) is 15.3 Å². The summed E-state index contributed by atoms with van der Waals surface area (Å²) >= 11 is 0. The minimum Gasteiger partial charge on any atom is -0.394 e. The first kappa shape index (κ1) is 11.1. The van der Waals surface area contributed by atoms with E-state index in [1.54, 1.807) is 0 Å². The van der Waals surface area contributed by atoms with Crippen LogP contribution in [0.5, 0.6) is 0 Å². The fourth-order valence-electron chi connectivity index (χ4n) is 1.84. The first-order valence-corrected chi connectivity index (χ1v) is 6.76. The highest BCUT2D eigenvalue weighted by Crippen LogP contribution is 2.28. The molecule has 2 heterocycles. The highest BCUT2D eigenvalue weighted by molar-refractivity contribution is 7.91. The van der Waals surface area contributed by atoms with E-state index in [0.29, 0.717) is 17.9 Å². The van der Waals surface area contributed by atoms with Gasteiger partial charge in [-0.2, -0.15) is 0 Å². The highest BCUT2D eigenvalue weighted by atomic mass is 32.2. The van der Waals surface area contributed by atoms with E-state index in [1.165, 1.54) is 12.5 Å². The Bertz CT molecular complexity index is 502. The van der Waals surface area contributed by atoms with E-state index in [1.807, 2.05) is 6.92 Å². The van der Waals surface area contributed by atoms with Gasteiger partial charge in [0.1, 0.15) is 6.33 Å². The molecule has 16 heavy (non-hydrogen) atoms. The summed E-state index contributed by atoms with van der Waals surface area (Å²) in [5.41, 5.74) is 5.63. The second-order valence-corrected chi connectivity index (χ2v) is 6.54. The topological polar surface area (TPSA) is 98.0 Å². The molecule has 1 unspecified atom stereocenters. The number of nitrogens with one attached hydrogen (secondary N) is 1. The van der Waals surface area contributed by atoms with Crippen LogP contribution in [-0.4, -0.2) is 35.4 Å². The number of rotatable bonds is 2. The van der Waals surface area contributed by atoms with Crippen molar-refractivity contribution in [1.29, 1.82) is 0 Å². The molecule has 0 radical (unpaired) electrons. The largest absolute Gasteiger partial charge is 0.394 e. The Morgan fingerprint density at radius 3 is 2.88 bits per heavy atom. The lowest BCUT2D eigenvalue weighted by Gasteiger charge is -2.24. The molecule has 1 saturated heterocycles. The Morgan fingerprint density at radius 2 is 2.31 bits per heavy atom. The number of nitrogens with two attached hydrogens (primary N) is 1. The number of hydrogen-bond acceptors (Lipinski definition) is 6. The minimum absolute atomic E-state index is 0.115. The van der Waals surface area contributed by atoms with E-state index in [9.17, 15) is 8.42 Å². The summed E-state index contributed by atoms with van der Waals surface area (Å²) < 4.78 is 22.8. The third kappa shape index (κ3) is 2.24. The summed E-state index contributed by atoms with van der Waals surface area (Å²) in [6, 6.07) is 0. The number of aromatic nitrogens is 2. The minimum atomic E-state index is -2.93. The predicted octanol–water partition coefficient (Wildman–Crippen LogP) is 0.0479. The van der Waals surface area contributed by atoms with Gasteiger partial charge < -0.3 is 11.1 Å². The molecule has 2 rings (SSSR count). The zero-order valence-corrected chi connectivity index (χ0v) is 9.79. The normalized spacial score (nSPS) is 27.8. The third-order valence-corrected chi connectivity index (χ3v) is 4.57. The fraction of sp³-hybridized carbons (Fsp3) is 0.556. The molecule has 0 bridgehead atoms. The molecule has 1 atom stereocenters. The number of nitrogen functional groups attached to an aromatic ring is 1. The molecular weight excluding hydrogens is 228 g/mol. The monoisotopic (exact) mass is 242 g/mol. The van der Waals surface area contributed by atoms with Crippen molar-refractivity contribution in [3.8, 4) is 0 Å². The van der Waals surface area contributed by atoms with Gasteiger partial charge in [0, 0.05) is 0 Å². The van der Waals surface area contributed by atoms with E-state index < -0.39 is 15.4 Å². The van der Waals surface area contributed by atoms with Gasteiger partial charge in [0.25, 0.3) is 0 Å². The van der Waals surface area contributed by atoms with Crippen molar-refractivity contribution >= 4 is 21.3 Å². The summed E-state index contributed by atoms with van der Waals surface area (Å²) in [6.45, 7) is 1.86. The molecular formula is C9H14N4O2S. The van der Waals surface area contributed by atoms with Gasteiger partial charge in [-0.05, 0) is 13.3 Å². The van der Waals surface area contributed by atoms with Crippen LogP contribution in [0, 0.1) is 0 Å². The summed E-state index contributed by atoms with van der Waals surface area (Å²) in [4.78, 5) is 7.77. The van der Waals surface area contributed by atoms with Crippen molar-refractivity contribution in [2.75, 3.05) is 22.6 Å². The van der Waals surface area contributed by atoms with Crippen molar-refractivity contribution in [2.45, 2.75) is 18.9 Å². The molecule has 88 valence electrons. The maximum Gasteiger partial charge on any atom is 0.153 e. The van der Waals surface area contributed by atoms with Gasteiger partial charge in [-0.25, -0.2) is 18.4 Å². The van der Waals surface area contributed by atoms with Gasteiger partial charge >= 0.3 is 0 Å². The van der Waals surface area contributed by atoms with Crippen molar-refractivity contribution in [3.05, 3.63) is 12.5 Å². The lowest BCUT2D eigenvalue weighted by Crippen LogP contribution is -2.36. The van der Waals surface area contributed by atoms with Gasteiger partial charge in [0.05, 0.1) is 28.9 Å². The molecule has 0 aromatic carbocycles. The molecule has 0 amide bonds. The Labute approximate surface area is 94.2 Å². The molecule has 1 fully saturated rings. The third-order valence-electron chi connectivity index (χ3n) is 2.66. The van der Waals surface area contributed by atoms with Gasteiger partial charge in [0.2, 0.25) is 0 Å². The molecule has 1 aromatic heterocycles. The number of nitrogens with zero attached hydrogens (tertiary/aromatic N) is 2. The molecule has 1 aliphatic heterocycles. The summed E-state index contributed by atoms with van der Waals surface area (Å²) in [5, 5.41) is 3.09. The molecule has 1 aromatic rings. The first-order chi connectivity index (χ1) is 7.40. The standard InChI is InChI=1S/C9H14N4O2S/c1-9(2-3-16(14,15)5-9)13-8-7(10)4-11-6-12-8/h4,6H,2-3,5,10H2,1H3,(H,11,12,13). The molecule has 0 spiro atoms. The van der Waals surface area contributed by atoms with Crippen LogP contribution in [0.15, 0.2) is 12.5 Å². The Balaban J connectivity index is 2.20. The van der Waals surface area contributed by atoms with E-state index in [0.717, 1.165) is 0 Å². The molecule has 0 aliphatic carbocycles. The lowest BCUT2D eigenvalue weighted by molar-refractivity contribution is 0.572. The summed E-state index contributed by atoms with van der Waals surface area (Å²) in [7, 11) is -2.93. The Morgan fingerprint density at radius 1 is 1.56 bits per heavy atom. The molecule has 6 nitrogen and oxygen atoms in total. The maximum atomic E-state index is 11.4. The molecule has 0 saturated carbocycles. The number of sulfone groups is 1. The molecule has 3 N–H and O–H groups in total. The summed E-state index contributed by atoms with van der Waals surface area (Å²) in [5.74, 6) is 0.819. The fourth-order valence-corrected chi connectivity index (χ4v) is 3.93. The van der Waals surface area contributed by atoms with Gasteiger partial charge in [-0.1, -0.05) is 0 Å². The predicted molar refractivity (Wildman–Crippen MR) is 61.7 cm³/mol. The Kier molecular flexibility index (Phi) is 2.49. The Hall–Kier alpha value is -1.37. The zero-order valence-electron chi connectivity index (χ0n) is 8.97. The van der Waals surface area contributed by atoms with Gasteiger partial charge in [0.15, 0.2) is 15.7 Å². The second-order valence-electron chi connectivity index (χ2n) is 4.35. The van der Waals surface area contributed by atoms with E-state index in [-0.39, 0.29) is 11.5 Å². The summed E-state index contributed by atoms with van der Waals surface area (Å²) in [6.07, 6.45) is 3.44. The van der Waals surface area contributed by atoms with Crippen LogP contribution < -0.4 is 11.1 Å². The average molecular weight is 242 g/mol. The van der Waals surface area contributed by atoms with Crippen LogP contribution in [-0.2, 0) is 9.84 Å². The molecule has 1 aliphatic rings. The average Bonchev–Trinajstić information content (AvgIpc) is 2.45.